The van der Waals surface area contributed by atoms with Gasteiger partial charge >= 0.3 is 34.1 Å². The third-order valence-corrected chi connectivity index (χ3v) is 12.5. The summed E-state index contributed by atoms with van der Waals surface area (Å²) in [5.74, 6) is -4.90. The topological polar surface area (TPSA) is 465 Å². The van der Waals surface area contributed by atoms with Crippen molar-refractivity contribution in [3.63, 3.8) is 0 Å². The predicted molar refractivity (Wildman–Crippen MR) is 221 cm³/mol. The second kappa shape index (κ2) is 20.7. The number of aromatic nitrogens is 3. The number of hydrogen-bond donors (Lipinski definition) is 4. The molecule has 7 aromatic rings. The van der Waals surface area contributed by atoms with Gasteiger partial charge in [0.05, 0.1) is 48.9 Å². The molecule has 1 heterocycles. The summed E-state index contributed by atoms with van der Waals surface area (Å²) >= 11 is 0. The van der Waals surface area contributed by atoms with Gasteiger partial charge < -0.3 is 59.7 Å². The average molecular weight is 1130 g/mol. The van der Waals surface area contributed by atoms with Crippen molar-refractivity contribution in [3.8, 4) is 23.0 Å². The molecule has 0 aliphatic rings. The van der Waals surface area contributed by atoms with E-state index in [9.17, 15) is 77.4 Å². The first-order valence-corrected chi connectivity index (χ1v) is 23.9. The zero-order valence-electron chi connectivity index (χ0n) is 33.8. The Hall–Kier alpha value is -6.71. The van der Waals surface area contributed by atoms with Crippen LogP contribution in [0.3, 0.4) is 0 Å². The molecule has 0 fully saturated rings. The molecule has 0 atom stereocenters. The molecule has 0 unspecified atom stereocenters. The van der Waals surface area contributed by atoms with Crippen LogP contribution in [0.25, 0.3) is 21.5 Å². The maximum atomic E-state index is 13.5. The number of aliphatic hydroxyl groups excluding tert-OH is 1. The van der Waals surface area contributed by atoms with Gasteiger partial charge in [0.25, 0.3) is 0 Å². The molecule has 0 saturated heterocycles. The minimum absolute atomic E-state index is 0. The van der Waals surface area contributed by atoms with Gasteiger partial charge in [-0.2, -0.15) is 25.2 Å². The van der Waals surface area contributed by atoms with Crippen molar-refractivity contribution in [3.05, 3.63) is 84.9 Å². The fraction of sp³-hybridized carbons (Fsp3) is 0.0541. The Morgan fingerprint density at radius 2 is 0.871 bits per heavy atom. The van der Waals surface area contributed by atoms with Crippen LogP contribution in [-0.2, 0) is 74.6 Å². The SMILES string of the molecule is O=S(=O)([O-])c1ccc([O-])c(N=Nc2c(S(=O)(=O)[O-])cc3cc(Nc4nc(NCCO)nc(Nc5ccc6c([O-])c(N=Nc7cc(S(=O)(=O)[O-])ccc7[O-])c(S(=O)(=O)[O-])cc6c5)n4)ccc3c2[O-])c1.[Cu+2].[Cu+2]. The molecule has 0 bridgehead atoms. The molecule has 4 N–H and O–H groups in total. The molecular weight excluding hydrogens is 1110 g/mol. The smallest absolute Gasteiger partial charge is 0.871 e. The summed E-state index contributed by atoms with van der Waals surface area (Å²) < 4.78 is 143. The summed E-state index contributed by atoms with van der Waals surface area (Å²) in [7, 11) is -21.1. The summed E-state index contributed by atoms with van der Waals surface area (Å²) in [6.45, 7) is -0.468. The number of fused-ring (bicyclic) bond motifs is 2. The number of rotatable bonds is 15. The first-order valence-electron chi connectivity index (χ1n) is 18.3. The number of nitrogens with one attached hydrogen (secondary N) is 3. The molecule has 0 spiro atoms. The normalized spacial score (nSPS) is 12.2. The number of azo groups is 2. The van der Waals surface area contributed by atoms with Gasteiger partial charge in [-0.05, 0) is 82.2 Å². The van der Waals surface area contributed by atoms with Crippen LogP contribution in [0.1, 0.15) is 0 Å². The third-order valence-electron chi connectivity index (χ3n) is 9.10. The molecule has 2 radical (unpaired) electrons. The van der Waals surface area contributed by atoms with Gasteiger partial charge in [-0.1, -0.05) is 47.3 Å². The molecule has 33 heteroatoms. The number of anilines is 5. The molecule has 0 aliphatic heterocycles. The molecule has 372 valence electrons. The summed E-state index contributed by atoms with van der Waals surface area (Å²) in [4.78, 5) is 8.50. The quantitative estimate of drug-likeness (QED) is 0.0646. The predicted octanol–water partition coefficient (Wildman–Crippen LogP) is 1.81. The fourth-order valence-corrected chi connectivity index (χ4v) is 8.33. The zero-order chi connectivity index (χ0) is 49.5. The van der Waals surface area contributed by atoms with Crippen LogP contribution in [0.5, 0.6) is 23.0 Å². The van der Waals surface area contributed by atoms with E-state index in [1.165, 1.54) is 36.4 Å². The minimum Gasteiger partial charge on any atom is -0.871 e. The van der Waals surface area contributed by atoms with Crippen LogP contribution in [0, 0.1) is 0 Å². The molecule has 0 saturated carbocycles. The molecule has 0 aliphatic carbocycles. The van der Waals surface area contributed by atoms with E-state index in [1.54, 1.807) is 0 Å². The monoisotopic (exact) mass is 1130 g/mol. The van der Waals surface area contributed by atoms with E-state index in [4.69, 9.17) is 0 Å². The summed E-state index contributed by atoms with van der Waals surface area (Å²) in [5, 5.41) is 82.3. The van der Waals surface area contributed by atoms with Crippen molar-refractivity contribution in [1.82, 2.24) is 15.0 Å². The zero-order valence-corrected chi connectivity index (χ0v) is 39.0. The van der Waals surface area contributed by atoms with E-state index in [1.807, 2.05) is 0 Å². The standard InChI is InChI=1S/C37H30N10O17S4.2Cu/c48-10-9-38-35-41-36(39-19-1-5-23-17(11-19)13-29(67(59,60)61)31(33(23)51)46-44-25-15-21(65(53,54)55)3-7-27(25)49)43-37(42-35)40-20-2-6-24-18(12-20)14-30(68(62,63)64)32(34(24)52)47-45-26-16-22(66(56,57)58)4-8-28(26)50;;/h1-8,11-16,48-52H,9-10H2,(H,53,54,55)(H,56,57,58)(H,59,60,61)(H,62,63,64)(H3,38,39,40,41,42,43);;/q;2*+2/p-8. The molecule has 70 heavy (non-hydrogen) atoms. The number of hydrogen-bond acceptors (Lipinski definition) is 27. The Balaban J connectivity index is 0.00000456. The van der Waals surface area contributed by atoms with Crippen LogP contribution in [0.15, 0.2) is 125 Å². The van der Waals surface area contributed by atoms with Crippen molar-refractivity contribution in [2.45, 2.75) is 19.6 Å². The minimum atomic E-state index is -5.49. The van der Waals surface area contributed by atoms with Crippen LogP contribution < -0.4 is 36.4 Å². The number of aliphatic hydroxyl groups is 1. The first-order chi connectivity index (χ1) is 31.8. The molecule has 6 aromatic carbocycles. The van der Waals surface area contributed by atoms with E-state index in [0.29, 0.717) is 36.4 Å². The second-order valence-electron chi connectivity index (χ2n) is 13.7. The van der Waals surface area contributed by atoms with Crippen molar-refractivity contribution >= 4 is 114 Å². The van der Waals surface area contributed by atoms with Crippen LogP contribution >= 0.6 is 0 Å². The second-order valence-corrected chi connectivity index (χ2v) is 19.1. The maximum Gasteiger partial charge on any atom is 2.00 e. The summed E-state index contributed by atoms with van der Waals surface area (Å²) in [6.07, 6.45) is 0. The molecule has 27 nitrogen and oxygen atoms in total. The molecule has 0 amide bonds. The molecule has 7 rings (SSSR count). The van der Waals surface area contributed by atoms with E-state index >= 15 is 0 Å². The Morgan fingerprint density at radius 1 is 0.486 bits per heavy atom. The Labute approximate surface area is 415 Å². The summed E-state index contributed by atoms with van der Waals surface area (Å²) in [6, 6.07) is 12.7. The van der Waals surface area contributed by atoms with Crippen LogP contribution in [0.4, 0.5) is 52.0 Å². The number of nitrogens with zero attached hydrogens (tertiary/aromatic N) is 7. The van der Waals surface area contributed by atoms with Gasteiger partial charge in [-0.3, -0.25) is 0 Å². The van der Waals surface area contributed by atoms with E-state index in [-0.39, 0.29) is 98.1 Å². The van der Waals surface area contributed by atoms with E-state index in [2.05, 4.69) is 51.4 Å². The first kappa shape index (κ1) is 54.2. The maximum absolute atomic E-state index is 13.5. The van der Waals surface area contributed by atoms with Gasteiger partial charge in [0.1, 0.15) is 40.5 Å². The third kappa shape index (κ3) is 12.2. The van der Waals surface area contributed by atoms with Crippen molar-refractivity contribution < 1.29 is 112 Å². The molecular formula is C37H22Cu2N10O17S4-4. The van der Waals surface area contributed by atoms with Gasteiger partial charge in [0.15, 0.2) is 0 Å². The van der Waals surface area contributed by atoms with E-state index < -0.39 is 106 Å². The van der Waals surface area contributed by atoms with Gasteiger partial charge in [-0.15, -0.1) is 10.2 Å². The summed E-state index contributed by atoms with van der Waals surface area (Å²) in [5.41, 5.74) is -3.47. The van der Waals surface area contributed by atoms with Crippen molar-refractivity contribution in [2.75, 3.05) is 29.1 Å². The van der Waals surface area contributed by atoms with Gasteiger partial charge in [0, 0.05) is 17.9 Å². The van der Waals surface area contributed by atoms with Gasteiger partial charge in [0.2, 0.25) is 17.8 Å². The van der Waals surface area contributed by atoms with Gasteiger partial charge in [-0.25, -0.2) is 33.7 Å². The Bertz CT molecular complexity index is 3520. The number of benzene rings is 6. The van der Waals surface area contributed by atoms with Crippen LogP contribution in [-0.4, -0.2) is 85.1 Å². The Morgan fingerprint density at radius 3 is 1.23 bits per heavy atom. The van der Waals surface area contributed by atoms with E-state index in [0.717, 1.165) is 12.1 Å². The Kier molecular flexibility index (Phi) is 16.0. The molecule has 1 aromatic heterocycles. The largest absolute Gasteiger partial charge is 2.00 e. The van der Waals surface area contributed by atoms with Crippen LogP contribution in [0.2, 0.25) is 0 Å². The van der Waals surface area contributed by atoms with Crippen molar-refractivity contribution in [1.29, 1.82) is 0 Å². The average Bonchev–Trinajstić information content (AvgIpc) is 3.24. The fourth-order valence-electron chi connectivity index (χ4n) is 6.06. The van der Waals surface area contributed by atoms with Crippen molar-refractivity contribution in [2.24, 2.45) is 20.5 Å².